The lowest BCUT2D eigenvalue weighted by atomic mass is 9.97. The quantitative estimate of drug-likeness (QED) is 0.755. The van der Waals surface area contributed by atoms with E-state index < -0.39 is 0 Å². The normalized spacial score (nSPS) is 16.2. The Bertz CT molecular complexity index is 479. The molecule has 0 unspecified atom stereocenters. The van der Waals surface area contributed by atoms with E-state index in [-0.39, 0.29) is 5.78 Å². The molecule has 0 atom stereocenters. The first-order chi connectivity index (χ1) is 10.1. The van der Waals surface area contributed by atoms with E-state index in [0.717, 1.165) is 32.8 Å². The molecule has 1 aromatic carbocycles. The van der Waals surface area contributed by atoms with Crippen LogP contribution in [0.2, 0.25) is 0 Å². The zero-order valence-corrected chi connectivity index (χ0v) is 13.2. The molecular formula is C17H25NO3. The smallest absolute Gasteiger partial charge is 0.167 e. The van der Waals surface area contributed by atoms with Gasteiger partial charge in [0, 0.05) is 26.1 Å². The lowest BCUT2D eigenvalue weighted by Crippen LogP contribution is -2.37. The molecule has 4 nitrogen and oxygen atoms in total. The molecule has 0 saturated carbocycles. The second-order valence-corrected chi connectivity index (χ2v) is 5.74. The van der Waals surface area contributed by atoms with Crippen LogP contribution in [-0.2, 0) is 4.74 Å². The summed E-state index contributed by atoms with van der Waals surface area (Å²) in [5, 5.41) is 0. The summed E-state index contributed by atoms with van der Waals surface area (Å²) in [7, 11) is 1.61. The lowest BCUT2D eigenvalue weighted by Gasteiger charge is -2.26. The minimum atomic E-state index is 0.154. The molecule has 0 radical (unpaired) electrons. The van der Waals surface area contributed by atoms with Crippen LogP contribution in [0, 0.1) is 0 Å². The SMILES string of the molecule is COc1ccc(C(C)C)cc1C(=O)CCN1CCOCC1. The molecule has 1 aliphatic rings. The number of ketones is 1. The molecule has 0 aliphatic carbocycles. The van der Waals surface area contributed by atoms with Gasteiger partial charge in [0.1, 0.15) is 5.75 Å². The first-order valence-electron chi connectivity index (χ1n) is 7.63. The molecule has 0 spiro atoms. The van der Waals surface area contributed by atoms with E-state index in [1.54, 1.807) is 7.11 Å². The Labute approximate surface area is 127 Å². The van der Waals surface area contributed by atoms with Gasteiger partial charge in [-0.3, -0.25) is 9.69 Å². The summed E-state index contributed by atoms with van der Waals surface area (Å²) in [6, 6.07) is 5.91. The van der Waals surface area contributed by atoms with Crippen LogP contribution in [0.5, 0.6) is 5.75 Å². The molecule has 1 heterocycles. The van der Waals surface area contributed by atoms with E-state index in [1.807, 2.05) is 18.2 Å². The largest absolute Gasteiger partial charge is 0.496 e. The molecule has 1 aromatic rings. The van der Waals surface area contributed by atoms with Gasteiger partial charge in [-0.25, -0.2) is 0 Å². The van der Waals surface area contributed by atoms with Crippen LogP contribution in [-0.4, -0.2) is 50.6 Å². The van der Waals surface area contributed by atoms with Gasteiger partial charge >= 0.3 is 0 Å². The number of benzene rings is 1. The number of hydrogen-bond acceptors (Lipinski definition) is 4. The van der Waals surface area contributed by atoms with E-state index in [1.165, 1.54) is 5.56 Å². The molecule has 0 aromatic heterocycles. The maximum Gasteiger partial charge on any atom is 0.167 e. The third kappa shape index (κ3) is 4.29. The molecule has 2 rings (SSSR count). The zero-order valence-electron chi connectivity index (χ0n) is 13.2. The van der Waals surface area contributed by atoms with Crippen molar-refractivity contribution >= 4 is 5.78 Å². The number of hydrogen-bond donors (Lipinski definition) is 0. The highest BCUT2D eigenvalue weighted by atomic mass is 16.5. The maximum atomic E-state index is 12.5. The number of morpholine rings is 1. The van der Waals surface area contributed by atoms with Gasteiger partial charge in [0.25, 0.3) is 0 Å². The predicted molar refractivity (Wildman–Crippen MR) is 83.3 cm³/mol. The molecule has 0 N–H and O–H groups in total. The molecule has 116 valence electrons. The number of rotatable bonds is 6. The predicted octanol–water partition coefficient (Wildman–Crippen LogP) is 2.72. The van der Waals surface area contributed by atoms with Crippen LogP contribution in [0.1, 0.15) is 42.1 Å². The summed E-state index contributed by atoms with van der Waals surface area (Å²) in [6.07, 6.45) is 0.526. The molecular weight excluding hydrogens is 266 g/mol. The zero-order chi connectivity index (χ0) is 15.2. The summed E-state index contributed by atoms with van der Waals surface area (Å²) in [5.74, 6) is 1.23. The Balaban J connectivity index is 2.04. The minimum Gasteiger partial charge on any atom is -0.496 e. The first kappa shape index (κ1) is 16.0. The second kappa shape index (κ2) is 7.57. The van der Waals surface area contributed by atoms with Gasteiger partial charge in [0.2, 0.25) is 0 Å². The van der Waals surface area contributed by atoms with Gasteiger partial charge in [0.15, 0.2) is 5.78 Å². The van der Waals surface area contributed by atoms with Crippen LogP contribution >= 0.6 is 0 Å². The summed E-state index contributed by atoms with van der Waals surface area (Å²) < 4.78 is 10.7. The Morgan fingerprint density at radius 3 is 2.67 bits per heavy atom. The van der Waals surface area contributed by atoms with Crippen molar-refractivity contribution in [2.75, 3.05) is 40.0 Å². The van der Waals surface area contributed by atoms with Gasteiger partial charge in [-0.15, -0.1) is 0 Å². The van der Waals surface area contributed by atoms with Crippen LogP contribution in [0.15, 0.2) is 18.2 Å². The van der Waals surface area contributed by atoms with Crippen molar-refractivity contribution in [2.45, 2.75) is 26.2 Å². The van der Waals surface area contributed by atoms with Crippen molar-refractivity contribution < 1.29 is 14.3 Å². The van der Waals surface area contributed by atoms with Crippen LogP contribution < -0.4 is 4.74 Å². The Morgan fingerprint density at radius 2 is 2.05 bits per heavy atom. The molecule has 21 heavy (non-hydrogen) atoms. The topological polar surface area (TPSA) is 38.8 Å². The number of carbonyl (C=O) groups is 1. The van der Waals surface area contributed by atoms with Gasteiger partial charge in [0.05, 0.1) is 25.9 Å². The molecule has 1 saturated heterocycles. The highest BCUT2D eigenvalue weighted by Crippen LogP contribution is 2.25. The third-order valence-corrected chi connectivity index (χ3v) is 3.95. The van der Waals surface area contributed by atoms with E-state index in [9.17, 15) is 4.79 Å². The van der Waals surface area contributed by atoms with Gasteiger partial charge in [-0.1, -0.05) is 19.9 Å². The fourth-order valence-corrected chi connectivity index (χ4v) is 2.52. The van der Waals surface area contributed by atoms with Gasteiger partial charge < -0.3 is 9.47 Å². The van der Waals surface area contributed by atoms with Crippen molar-refractivity contribution in [2.24, 2.45) is 0 Å². The van der Waals surface area contributed by atoms with Crippen molar-refractivity contribution in [1.82, 2.24) is 4.90 Å². The van der Waals surface area contributed by atoms with E-state index >= 15 is 0 Å². The average molecular weight is 291 g/mol. The molecule has 0 bridgehead atoms. The average Bonchev–Trinajstić information content (AvgIpc) is 2.52. The lowest BCUT2D eigenvalue weighted by molar-refractivity contribution is 0.0370. The molecule has 0 amide bonds. The Hall–Kier alpha value is -1.39. The number of ether oxygens (including phenoxy) is 2. The molecule has 4 heteroatoms. The number of carbonyl (C=O) groups excluding carboxylic acids is 1. The fraction of sp³-hybridized carbons (Fsp3) is 0.588. The first-order valence-corrected chi connectivity index (χ1v) is 7.63. The highest BCUT2D eigenvalue weighted by molar-refractivity contribution is 5.99. The summed E-state index contributed by atoms with van der Waals surface area (Å²) in [6.45, 7) is 8.40. The highest BCUT2D eigenvalue weighted by Gasteiger charge is 2.17. The van der Waals surface area contributed by atoms with Gasteiger partial charge in [-0.2, -0.15) is 0 Å². The summed E-state index contributed by atoms with van der Waals surface area (Å²) >= 11 is 0. The van der Waals surface area contributed by atoms with Crippen LogP contribution in [0.3, 0.4) is 0 Å². The monoisotopic (exact) mass is 291 g/mol. The Morgan fingerprint density at radius 1 is 1.33 bits per heavy atom. The van der Waals surface area contributed by atoms with Crippen molar-refractivity contribution in [3.8, 4) is 5.75 Å². The van der Waals surface area contributed by atoms with E-state index in [0.29, 0.717) is 23.7 Å². The van der Waals surface area contributed by atoms with Crippen molar-refractivity contribution in [1.29, 1.82) is 0 Å². The van der Waals surface area contributed by atoms with E-state index in [4.69, 9.17) is 9.47 Å². The summed E-state index contributed by atoms with van der Waals surface area (Å²) in [5.41, 5.74) is 1.88. The summed E-state index contributed by atoms with van der Waals surface area (Å²) in [4.78, 5) is 14.8. The van der Waals surface area contributed by atoms with Crippen LogP contribution in [0.4, 0.5) is 0 Å². The maximum absolute atomic E-state index is 12.5. The van der Waals surface area contributed by atoms with E-state index in [2.05, 4.69) is 18.7 Å². The number of nitrogens with zero attached hydrogens (tertiary/aromatic N) is 1. The Kier molecular flexibility index (Phi) is 5.76. The number of methoxy groups -OCH3 is 1. The number of Topliss-reactive ketones (excluding diaryl/α,β-unsaturated/α-hetero) is 1. The minimum absolute atomic E-state index is 0.154. The second-order valence-electron chi connectivity index (χ2n) is 5.74. The van der Waals surface area contributed by atoms with Crippen molar-refractivity contribution in [3.05, 3.63) is 29.3 Å². The molecule has 1 aliphatic heterocycles. The fourth-order valence-electron chi connectivity index (χ4n) is 2.52. The van der Waals surface area contributed by atoms with Gasteiger partial charge in [-0.05, 0) is 23.6 Å². The van der Waals surface area contributed by atoms with Crippen LogP contribution in [0.25, 0.3) is 0 Å². The third-order valence-electron chi connectivity index (χ3n) is 3.95. The van der Waals surface area contributed by atoms with Crippen molar-refractivity contribution in [3.63, 3.8) is 0 Å². The molecule has 1 fully saturated rings. The standard InChI is InChI=1S/C17H25NO3/c1-13(2)14-4-5-17(20-3)15(12-14)16(19)6-7-18-8-10-21-11-9-18/h4-5,12-13H,6-11H2,1-3H3.